The van der Waals surface area contributed by atoms with Gasteiger partial charge in [-0.25, -0.2) is 9.59 Å². The maximum Gasteiger partial charge on any atom is 0.407 e. The Labute approximate surface area is 214 Å². The van der Waals surface area contributed by atoms with Crippen LogP contribution in [-0.4, -0.2) is 57.6 Å². The van der Waals surface area contributed by atoms with Crippen molar-refractivity contribution >= 4 is 41.3 Å². The number of fused-ring (bicyclic) bond motifs is 1. The van der Waals surface area contributed by atoms with Gasteiger partial charge in [-0.15, -0.1) is 23.4 Å². The number of hydrogen-bond donors (Lipinski definition) is 1. The number of nitrogens with zero attached hydrogens (tertiary/aromatic N) is 1. The van der Waals surface area contributed by atoms with Gasteiger partial charge in [-0.1, -0.05) is 74.5 Å². The van der Waals surface area contributed by atoms with Crippen LogP contribution in [0.1, 0.15) is 38.0 Å². The minimum absolute atomic E-state index is 0.129. The van der Waals surface area contributed by atoms with Crippen molar-refractivity contribution in [1.82, 2.24) is 10.2 Å². The fourth-order valence-electron chi connectivity index (χ4n) is 4.30. The molecule has 2 fully saturated rings. The van der Waals surface area contributed by atoms with Crippen LogP contribution in [0.25, 0.3) is 0 Å². The summed E-state index contributed by atoms with van der Waals surface area (Å²) >= 11 is 7.72. The molecule has 4 atom stereocenters. The smallest absolute Gasteiger partial charge is 0.407 e. The zero-order chi connectivity index (χ0) is 25.2. The molecule has 4 rings (SSSR count). The molecule has 35 heavy (non-hydrogen) atoms. The van der Waals surface area contributed by atoms with Gasteiger partial charge in [0.2, 0.25) is 5.91 Å². The number of benzene rings is 2. The number of alkyl halides is 1. The van der Waals surface area contributed by atoms with Gasteiger partial charge in [-0.3, -0.25) is 4.79 Å². The number of nitrogens with one attached hydrogen (secondary N) is 1. The van der Waals surface area contributed by atoms with Crippen LogP contribution in [0.4, 0.5) is 4.79 Å². The lowest BCUT2D eigenvalue weighted by atomic mass is 9.95. The molecule has 1 N–H and O–H groups in total. The lowest BCUT2D eigenvalue weighted by Gasteiger charge is -2.43. The number of β-lactam (4-membered cyclic amide) rings is 1. The Bertz CT molecular complexity index is 1030. The SMILES string of the molecule is CC(C)COC(=O)NC1C(=O)N2C1SC(C)(CCl)C2C(=O)OC(c1ccccc1)c1ccccc1. The Kier molecular flexibility index (Phi) is 7.62. The minimum Gasteiger partial charge on any atom is -0.451 e. The van der Waals surface area contributed by atoms with Crippen LogP contribution in [0.15, 0.2) is 60.7 Å². The molecular weight excluding hydrogens is 488 g/mol. The Morgan fingerprint density at radius 1 is 1.09 bits per heavy atom. The third-order valence-electron chi connectivity index (χ3n) is 6.07. The summed E-state index contributed by atoms with van der Waals surface area (Å²) in [5.74, 6) is -0.578. The number of thioether (sulfide) groups is 1. The van der Waals surface area contributed by atoms with Crippen LogP contribution in [0.5, 0.6) is 0 Å². The molecule has 7 nitrogen and oxygen atoms in total. The van der Waals surface area contributed by atoms with E-state index in [4.69, 9.17) is 21.1 Å². The molecule has 2 heterocycles. The summed E-state index contributed by atoms with van der Waals surface area (Å²) in [5.41, 5.74) is 1.65. The van der Waals surface area contributed by atoms with Gasteiger partial charge in [0.05, 0.1) is 11.4 Å². The Hall–Kier alpha value is -2.71. The van der Waals surface area contributed by atoms with E-state index in [0.717, 1.165) is 11.1 Å². The van der Waals surface area contributed by atoms with Crippen molar-refractivity contribution in [2.75, 3.05) is 12.5 Å². The van der Waals surface area contributed by atoms with E-state index in [1.54, 1.807) is 0 Å². The Balaban J connectivity index is 1.54. The highest BCUT2D eigenvalue weighted by atomic mass is 35.5. The molecule has 0 radical (unpaired) electrons. The van der Waals surface area contributed by atoms with E-state index < -0.39 is 40.4 Å². The summed E-state index contributed by atoms with van der Waals surface area (Å²) < 4.78 is 10.4. The second kappa shape index (κ2) is 10.5. The van der Waals surface area contributed by atoms with Crippen LogP contribution >= 0.6 is 23.4 Å². The second-order valence-corrected chi connectivity index (χ2v) is 11.3. The molecule has 2 aliphatic rings. The highest BCUT2D eigenvalue weighted by molar-refractivity contribution is 8.01. The van der Waals surface area contributed by atoms with E-state index in [2.05, 4.69) is 5.32 Å². The van der Waals surface area contributed by atoms with Crippen molar-refractivity contribution in [1.29, 1.82) is 0 Å². The summed E-state index contributed by atoms with van der Waals surface area (Å²) in [7, 11) is 0. The first-order valence-electron chi connectivity index (χ1n) is 11.5. The summed E-state index contributed by atoms with van der Waals surface area (Å²) in [4.78, 5) is 40.3. The van der Waals surface area contributed by atoms with Crippen molar-refractivity contribution < 1.29 is 23.9 Å². The van der Waals surface area contributed by atoms with Gasteiger partial charge in [0.25, 0.3) is 0 Å². The first kappa shape index (κ1) is 25.4. The molecule has 0 aliphatic carbocycles. The third-order valence-corrected chi connectivity index (χ3v) is 8.44. The maximum absolute atomic E-state index is 13.6. The van der Waals surface area contributed by atoms with E-state index in [1.165, 1.54) is 16.7 Å². The van der Waals surface area contributed by atoms with Crippen LogP contribution in [-0.2, 0) is 19.1 Å². The predicted molar refractivity (Wildman–Crippen MR) is 135 cm³/mol. The quantitative estimate of drug-likeness (QED) is 0.319. The van der Waals surface area contributed by atoms with E-state index in [0.29, 0.717) is 0 Å². The number of carbonyl (C=O) groups excluding carboxylic acids is 3. The Morgan fingerprint density at radius 2 is 1.66 bits per heavy atom. The summed E-state index contributed by atoms with van der Waals surface area (Å²) in [6.07, 6.45) is -1.28. The second-order valence-electron chi connectivity index (χ2n) is 9.36. The van der Waals surface area contributed by atoms with Gasteiger partial charge >= 0.3 is 12.1 Å². The van der Waals surface area contributed by atoms with E-state index in [9.17, 15) is 14.4 Å². The zero-order valence-corrected chi connectivity index (χ0v) is 21.4. The van der Waals surface area contributed by atoms with Crippen molar-refractivity contribution in [3.8, 4) is 0 Å². The van der Waals surface area contributed by atoms with E-state index in [-0.39, 0.29) is 24.3 Å². The molecular formula is C26H29ClN2O5S. The van der Waals surface area contributed by atoms with E-state index >= 15 is 0 Å². The fraction of sp³-hybridized carbons (Fsp3) is 0.423. The molecule has 0 saturated carbocycles. The molecule has 186 valence electrons. The van der Waals surface area contributed by atoms with Gasteiger partial charge in [-0.05, 0) is 24.0 Å². The average Bonchev–Trinajstić information content (AvgIpc) is 3.15. The van der Waals surface area contributed by atoms with Crippen molar-refractivity contribution in [3.05, 3.63) is 71.8 Å². The average molecular weight is 517 g/mol. The lowest BCUT2D eigenvalue weighted by Crippen LogP contribution is -2.71. The first-order chi connectivity index (χ1) is 16.7. The number of hydrogen-bond acceptors (Lipinski definition) is 6. The van der Waals surface area contributed by atoms with Crippen LogP contribution in [0, 0.1) is 5.92 Å². The summed E-state index contributed by atoms with van der Waals surface area (Å²) in [5, 5.41) is 2.21. The van der Waals surface area contributed by atoms with Gasteiger partial charge in [0.15, 0.2) is 6.10 Å². The number of alkyl carbamates (subject to hydrolysis) is 1. The first-order valence-corrected chi connectivity index (χ1v) is 13.0. The maximum atomic E-state index is 13.6. The van der Waals surface area contributed by atoms with Gasteiger partial charge in [0, 0.05) is 5.88 Å². The number of esters is 1. The predicted octanol–water partition coefficient (Wildman–Crippen LogP) is 4.35. The lowest BCUT2D eigenvalue weighted by molar-refractivity contribution is -0.166. The van der Waals surface area contributed by atoms with E-state index in [1.807, 2.05) is 81.4 Å². The molecule has 4 unspecified atom stereocenters. The number of carbonyl (C=O) groups is 3. The fourth-order valence-corrected chi connectivity index (χ4v) is 6.24. The number of halogens is 1. The molecule has 2 aromatic carbocycles. The van der Waals surface area contributed by atoms with Crippen LogP contribution in [0.3, 0.4) is 0 Å². The van der Waals surface area contributed by atoms with Crippen molar-refractivity contribution in [3.63, 3.8) is 0 Å². The monoisotopic (exact) mass is 516 g/mol. The van der Waals surface area contributed by atoms with Gasteiger partial charge in [0.1, 0.15) is 17.5 Å². The molecule has 9 heteroatoms. The van der Waals surface area contributed by atoms with Crippen molar-refractivity contribution in [2.45, 2.75) is 49.1 Å². The molecule has 0 spiro atoms. The number of ether oxygens (including phenoxy) is 2. The van der Waals surface area contributed by atoms with Crippen LogP contribution in [0.2, 0.25) is 0 Å². The molecule has 2 saturated heterocycles. The van der Waals surface area contributed by atoms with Crippen LogP contribution < -0.4 is 5.32 Å². The molecule has 0 bridgehead atoms. The highest BCUT2D eigenvalue weighted by Crippen LogP contribution is 2.52. The highest BCUT2D eigenvalue weighted by Gasteiger charge is 2.66. The minimum atomic E-state index is -0.887. The molecule has 2 aromatic rings. The summed E-state index contributed by atoms with van der Waals surface area (Å²) in [6.45, 7) is 5.95. The Morgan fingerprint density at radius 3 is 2.17 bits per heavy atom. The summed E-state index contributed by atoms with van der Waals surface area (Å²) in [6, 6.07) is 17.3. The standard InChI is InChI=1S/C26H29ClN2O5S/c1-16(2)14-33-25(32)28-19-22(30)29-21(26(3,15-27)35-23(19)29)24(31)34-20(17-10-6-4-7-11-17)18-12-8-5-9-13-18/h4-13,16,19-21,23H,14-15H2,1-3H3,(H,28,32). The molecule has 2 aliphatic heterocycles. The van der Waals surface area contributed by atoms with Crippen molar-refractivity contribution in [2.24, 2.45) is 5.92 Å². The van der Waals surface area contributed by atoms with Gasteiger partial charge in [-0.2, -0.15) is 0 Å². The zero-order valence-electron chi connectivity index (χ0n) is 19.8. The largest absolute Gasteiger partial charge is 0.451 e. The number of rotatable bonds is 8. The topological polar surface area (TPSA) is 84.9 Å². The number of amides is 2. The molecule has 0 aromatic heterocycles. The molecule has 2 amide bonds. The normalized spacial score (nSPS) is 25.3. The third kappa shape index (κ3) is 5.14. The van der Waals surface area contributed by atoms with Gasteiger partial charge < -0.3 is 19.7 Å².